The highest BCUT2D eigenvalue weighted by Crippen LogP contribution is 2.19. The van der Waals surface area contributed by atoms with E-state index in [-0.39, 0.29) is 24.5 Å². The van der Waals surface area contributed by atoms with Crippen LogP contribution in [0.2, 0.25) is 0 Å². The van der Waals surface area contributed by atoms with Crippen molar-refractivity contribution in [1.82, 2.24) is 0 Å². The van der Waals surface area contributed by atoms with Gasteiger partial charge in [0.25, 0.3) is 0 Å². The largest absolute Gasteiger partial charge is 0.490 e. The van der Waals surface area contributed by atoms with Crippen LogP contribution < -0.4 is 4.74 Å². The van der Waals surface area contributed by atoms with E-state index in [4.69, 9.17) is 15.4 Å². The number of benzene rings is 1. The third kappa shape index (κ3) is 4.32. The zero-order chi connectivity index (χ0) is 12.2. The van der Waals surface area contributed by atoms with Crippen molar-refractivity contribution in [1.29, 1.82) is 0 Å². The van der Waals surface area contributed by atoms with Crippen LogP contribution >= 0.6 is 10.7 Å². The lowest BCUT2D eigenvalue weighted by atomic mass is 10.3. The zero-order valence-electron chi connectivity index (χ0n) is 8.12. The summed E-state index contributed by atoms with van der Waals surface area (Å²) >= 11 is 0. The van der Waals surface area contributed by atoms with Gasteiger partial charge < -0.3 is 4.74 Å². The van der Waals surface area contributed by atoms with E-state index >= 15 is 0 Å². The number of rotatable bonds is 5. The van der Waals surface area contributed by atoms with Gasteiger partial charge >= 0.3 is 0 Å². The van der Waals surface area contributed by atoms with E-state index in [9.17, 15) is 17.2 Å². The van der Waals surface area contributed by atoms with Crippen molar-refractivity contribution in [2.24, 2.45) is 0 Å². The first-order chi connectivity index (χ1) is 7.40. The molecule has 0 heterocycles. The molecule has 0 amide bonds. The molecule has 0 saturated carbocycles. The monoisotopic (exact) mass is 270 g/mol. The van der Waals surface area contributed by atoms with Crippen LogP contribution in [0.4, 0.5) is 8.78 Å². The lowest BCUT2D eigenvalue weighted by molar-refractivity contribution is 0.296. The summed E-state index contributed by atoms with van der Waals surface area (Å²) in [5.74, 6) is -2.61. The third-order valence-electron chi connectivity index (χ3n) is 1.71. The van der Waals surface area contributed by atoms with Crippen LogP contribution in [0, 0.1) is 11.6 Å². The van der Waals surface area contributed by atoms with Gasteiger partial charge in [0.1, 0.15) is 0 Å². The molecule has 7 heteroatoms. The molecule has 0 unspecified atom stereocenters. The Morgan fingerprint density at radius 2 is 2.00 bits per heavy atom. The first kappa shape index (κ1) is 13.2. The maximum Gasteiger partial charge on any atom is 0.232 e. The van der Waals surface area contributed by atoms with E-state index in [1.165, 1.54) is 12.1 Å². The molecule has 1 rings (SSSR count). The number of halogens is 3. The van der Waals surface area contributed by atoms with Gasteiger partial charge in [-0.05, 0) is 18.6 Å². The Hall–Kier alpha value is -0.880. The summed E-state index contributed by atoms with van der Waals surface area (Å²) in [6, 6.07) is 3.52. The zero-order valence-corrected chi connectivity index (χ0v) is 9.69. The van der Waals surface area contributed by atoms with E-state index in [0.29, 0.717) is 0 Å². The van der Waals surface area contributed by atoms with Gasteiger partial charge in [0.2, 0.25) is 14.9 Å². The summed E-state index contributed by atoms with van der Waals surface area (Å²) in [6.45, 7) is -0.0493. The molecule has 0 aliphatic rings. The first-order valence-corrected chi connectivity index (χ1v) is 6.87. The Morgan fingerprint density at radius 3 is 2.62 bits per heavy atom. The molecule has 0 atom stereocenters. The van der Waals surface area contributed by atoms with Gasteiger partial charge in [-0.3, -0.25) is 0 Å². The van der Waals surface area contributed by atoms with Crippen molar-refractivity contribution in [2.75, 3.05) is 12.4 Å². The minimum absolute atomic E-state index is 0.0493. The molecule has 0 N–H and O–H groups in total. The molecule has 0 saturated heterocycles. The summed E-state index contributed by atoms with van der Waals surface area (Å²) in [5, 5.41) is 0. The van der Waals surface area contributed by atoms with Crippen molar-refractivity contribution in [3.8, 4) is 5.75 Å². The summed E-state index contributed by atoms with van der Waals surface area (Å²) in [6.07, 6.45) is 0.113. The predicted molar refractivity (Wildman–Crippen MR) is 56.1 cm³/mol. The van der Waals surface area contributed by atoms with Gasteiger partial charge in [-0.2, -0.15) is 4.39 Å². The molecule has 1 aromatic rings. The maximum atomic E-state index is 13.0. The molecular formula is C9H9ClF2O3S. The van der Waals surface area contributed by atoms with E-state index in [2.05, 4.69) is 0 Å². The molecule has 0 radical (unpaired) electrons. The fourth-order valence-corrected chi connectivity index (χ4v) is 1.80. The smallest absolute Gasteiger partial charge is 0.232 e. The highest BCUT2D eigenvalue weighted by molar-refractivity contribution is 8.13. The SMILES string of the molecule is O=S(=O)(Cl)CCCOc1cccc(F)c1F. The van der Waals surface area contributed by atoms with E-state index in [0.717, 1.165) is 6.07 Å². The second-order valence-corrected chi connectivity index (χ2v) is 5.89. The van der Waals surface area contributed by atoms with Crippen LogP contribution in [0.1, 0.15) is 6.42 Å². The molecule has 1 aromatic carbocycles. The van der Waals surface area contributed by atoms with Crippen molar-refractivity contribution in [3.05, 3.63) is 29.8 Å². The maximum absolute atomic E-state index is 13.0. The van der Waals surface area contributed by atoms with Gasteiger partial charge in [0.15, 0.2) is 11.6 Å². The molecule has 0 bridgehead atoms. The highest BCUT2D eigenvalue weighted by atomic mass is 35.7. The standard InChI is InChI=1S/C9H9ClF2O3S/c10-16(13,14)6-2-5-15-8-4-1-3-7(11)9(8)12/h1,3-4H,2,5-6H2. The van der Waals surface area contributed by atoms with Gasteiger partial charge in [-0.25, -0.2) is 12.8 Å². The van der Waals surface area contributed by atoms with Crippen molar-refractivity contribution in [2.45, 2.75) is 6.42 Å². The lowest BCUT2D eigenvalue weighted by Gasteiger charge is -2.06. The summed E-state index contributed by atoms with van der Waals surface area (Å²) in [5.41, 5.74) is 0. The quantitative estimate of drug-likeness (QED) is 0.609. The fourth-order valence-electron chi connectivity index (χ4n) is 1.01. The first-order valence-electron chi connectivity index (χ1n) is 4.39. The van der Waals surface area contributed by atoms with Gasteiger partial charge in [-0.1, -0.05) is 6.07 Å². The third-order valence-corrected chi connectivity index (χ3v) is 2.95. The average Bonchev–Trinajstić information content (AvgIpc) is 2.17. The second kappa shape index (κ2) is 5.45. The van der Waals surface area contributed by atoms with E-state index in [1.54, 1.807) is 0 Å². The summed E-state index contributed by atoms with van der Waals surface area (Å²) in [7, 11) is 1.38. The number of hydrogen-bond donors (Lipinski definition) is 0. The Morgan fingerprint density at radius 1 is 1.31 bits per heavy atom. The molecule has 0 fully saturated rings. The minimum atomic E-state index is -3.57. The van der Waals surface area contributed by atoms with Crippen molar-refractivity contribution in [3.63, 3.8) is 0 Å². The van der Waals surface area contributed by atoms with Crippen LogP contribution in [0.25, 0.3) is 0 Å². The van der Waals surface area contributed by atoms with Crippen molar-refractivity contribution >= 4 is 19.7 Å². The van der Waals surface area contributed by atoms with Gasteiger partial charge in [-0.15, -0.1) is 0 Å². The predicted octanol–water partition coefficient (Wildman–Crippen LogP) is 2.30. The van der Waals surface area contributed by atoms with Crippen LogP contribution in [-0.4, -0.2) is 20.8 Å². The van der Waals surface area contributed by atoms with Crippen LogP contribution in [0.5, 0.6) is 5.75 Å². The summed E-state index contributed by atoms with van der Waals surface area (Å²) in [4.78, 5) is 0. The topological polar surface area (TPSA) is 43.4 Å². The highest BCUT2D eigenvalue weighted by Gasteiger charge is 2.09. The lowest BCUT2D eigenvalue weighted by Crippen LogP contribution is -2.06. The Balaban J connectivity index is 2.47. The van der Waals surface area contributed by atoms with E-state index in [1.807, 2.05) is 0 Å². The van der Waals surface area contributed by atoms with E-state index < -0.39 is 20.7 Å². The molecular weight excluding hydrogens is 262 g/mol. The summed E-state index contributed by atoms with van der Waals surface area (Å²) < 4.78 is 51.7. The Labute approximate surface area is 96.4 Å². The average molecular weight is 271 g/mol. The molecule has 0 spiro atoms. The van der Waals surface area contributed by atoms with Crippen LogP contribution in [0.15, 0.2) is 18.2 Å². The number of ether oxygens (including phenoxy) is 1. The fraction of sp³-hybridized carbons (Fsp3) is 0.333. The van der Waals surface area contributed by atoms with Crippen molar-refractivity contribution < 1.29 is 21.9 Å². The number of hydrogen-bond acceptors (Lipinski definition) is 3. The molecule has 0 aliphatic carbocycles. The van der Waals surface area contributed by atoms with Crippen LogP contribution in [0.3, 0.4) is 0 Å². The van der Waals surface area contributed by atoms with Gasteiger partial charge in [0.05, 0.1) is 12.4 Å². The molecule has 0 aromatic heterocycles. The van der Waals surface area contributed by atoms with Gasteiger partial charge in [0, 0.05) is 10.7 Å². The second-order valence-electron chi connectivity index (χ2n) is 3.00. The normalized spacial score (nSPS) is 11.4. The minimum Gasteiger partial charge on any atom is -0.490 e. The molecule has 90 valence electrons. The molecule has 16 heavy (non-hydrogen) atoms. The Bertz CT molecular complexity index is 462. The molecule has 0 aliphatic heterocycles. The van der Waals surface area contributed by atoms with Crippen LogP contribution in [-0.2, 0) is 9.05 Å². The molecule has 3 nitrogen and oxygen atoms in total. The Kier molecular flexibility index (Phi) is 4.49.